The van der Waals surface area contributed by atoms with Gasteiger partial charge in [0.15, 0.2) is 0 Å². The molecule has 0 unspecified atom stereocenters. The number of hydrogen-bond acceptors (Lipinski definition) is 1. The van der Waals surface area contributed by atoms with E-state index in [1.807, 2.05) is 23.1 Å². The van der Waals surface area contributed by atoms with Gasteiger partial charge >= 0.3 is 0 Å². The summed E-state index contributed by atoms with van der Waals surface area (Å²) in [5.41, 5.74) is 3.01. The SMILES string of the molecule is O=C(/C=C\c1ccc(Cl)cc1Cl)N1CCCc2ccccc21. The Morgan fingerprint density at radius 3 is 2.77 bits per heavy atom. The average Bonchev–Trinajstić information content (AvgIpc) is 2.53. The van der Waals surface area contributed by atoms with Crippen molar-refractivity contribution >= 4 is 40.9 Å². The number of anilines is 1. The van der Waals surface area contributed by atoms with Crippen molar-refractivity contribution in [1.29, 1.82) is 0 Å². The molecule has 0 aliphatic carbocycles. The van der Waals surface area contributed by atoms with Gasteiger partial charge in [0.25, 0.3) is 5.91 Å². The number of carbonyl (C=O) groups excluding carboxylic acids is 1. The van der Waals surface area contributed by atoms with Gasteiger partial charge in [-0.3, -0.25) is 4.79 Å². The van der Waals surface area contributed by atoms with Gasteiger partial charge in [0, 0.05) is 28.4 Å². The summed E-state index contributed by atoms with van der Waals surface area (Å²) in [6, 6.07) is 13.3. The van der Waals surface area contributed by atoms with Crippen LogP contribution in [0.4, 0.5) is 5.69 Å². The molecule has 0 saturated heterocycles. The first-order valence-electron chi connectivity index (χ1n) is 7.18. The van der Waals surface area contributed by atoms with Gasteiger partial charge in [0.05, 0.1) is 0 Å². The van der Waals surface area contributed by atoms with Gasteiger partial charge in [0.1, 0.15) is 0 Å². The van der Waals surface area contributed by atoms with Crippen LogP contribution in [0.1, 0.15) is 17.5 Å². The van der Waals surface area contributed by atoms with Gasteiger partial charge in [0.2, 0.25) is 0 Å². The summed E-state index contributed by atoms with van der Waals surface area (Å²) in [6.07, 6.45) is 5.31. The Balaban J connectivity index is 1.82. The molecular weight excluding hydrogens is 317 g/mol. The second kappa shape index (κ2) is 6.55. The van der Waals surface area contributed by atoms with Crippen molar-refractivity contribution in [2.45, 2.75) is 12.8 Å². The summed E-state index contributed by atoms with van der Waals surface area (Å²) < 4.78 is 0. The lowest BCUT2D eigenvalue weighted by atomic mass is 10.0. The number of aryl methyl sites for hydroxylation is 1. The van der Waals surface area contributed by atoms with E-state index in [4.69, 9.17) is 23.2 Å². The molecule has 0 aromatic heterocycles. The Morgan fingerprint density at radius 2 is 1.95 bits per heavy atom. The fraction of sp³-hybridized carbons (Fsp3) is 0.167. The maximum Gasteiger partial charge on any atom is 0.250 e. The Bertz CT molecular complexity index is 740. The van der Waals surface area contributed by atoms with E-state index in [0.29, 0.717) is 10.0 Å². The lowest BCUT2D eigenvalue weighted by Gasteiger charge is -2.28. The van der Waals surface area contributed by atoms with Crippen LogP contribution in [-0.4, -0.2) is 12.5 Å². The number of rotatable bonds is 2. The molecule has 2 nitrogen and oxygen atoms in total. The molecule has 0 N–H and O–H groups in total. The van der Waals surface area contributed by atoms with Gasteiger partial charge in [-0.2, -0.15) is 0 Å². The lowest BCUT2D eigenvalue weighted by molar-refractivity contribution is -0.114. The van der Waals surface area contributed by atoms with Crippen LogP contribution in [0.3, 0.4) is 0 Å². The van der Waals surface area contributed by atoms with E-state index in [1.165, 1.54) is 5.56 Å². The maximum absolute atomic E-state index is 12.5. The quantitative estimate of drug-likeness (QED) is 0.710. The number of nitrogens with zero attached hydrogens (tertiary/aromatic N) is 1. The molecule has 4 heteroatoms. The number of fused-ring (bicyclic) bond motifs is 1. The highest BCUT2D eigenvalue weighted by Gasteiger charge is 2.20. The molecule has 3 rings (SSSR count). The third-order valence-corrected chi connectivity index (χ3v) is 4.31. The van der Waals surface area contributed by atoms with E-state index in [-0.39, 0.29) is 5.91 Å². The predicted octanol–water partition coefficient (Wildman–Crippen LogP) is 4.99. The summed E-state index contributed by atoms with van der Waals surface area (Å²) in [6.45, 7) is 0.745. The zero-order chi connectivity index (χ0) is 15.5. The molecule has 1 aliphatic heterocycles. The van der Waals surface area contributed by atoms with Crippen molar-refractivity contribution in [2.75, 3.05) is 11.4 Å². The molecule has 0 saturated carbocycles. The maximum atomic E-state index is 12.5. The Labute approximate surface area is 140 Å². The molecule has 0 spiro atoms. The summed E-state index contributed by atoms with van der Waals surface area (Å²) in [5.74, 6) is -0.0295. The fourth-order valence-corrected chi connectivity index (χ4v) is 3.12. The minimum atomic E-state index is -0.0295. The highest BCUT2D eigenvalue weighted by molar-refractivity contribution is 6.35. The third-order valence-electron chi connectivity index (χ3n) is 3.74. The number of para-hydroxylation sites is 1. The van der Waals surface area contributed by atoms with Crippen LogP contribution in [0.2, 0.25) is 10.0 Å². The van der Waals surface area contributed by atoms with E-state index in [2.05, 4.69) is 6.07 Å². The van der Waals surface area contributed by atoms with E-state index >= 15 is 0 Å². The zero-order valence-corrected chi connectivity index (χ0v) is 13.4. The van der Waals surface area contributed by atoms with Crippen LogP contribution >= 0.6 is 23.2 Å². The smallest absolute Gasteiger partial charge is 0.250 e. The monoisotopic (exact) mass is 331 g/mol. The largest absolute Gasteiger partial charge is 0.309 e. The highest BCUT2D eigenvalue weighted by Crippen LogP contribution is 2.27. The van der Waals surface area contributed by atoms with Crippen LogP contribution in [0.5, 0.6) is 0 Å². The molecule has 22 heavy (non-hydrogen) atoms. The molecule has 1 amide bonds. The molecule has 2 aromatic rings. The molecular formula is C18H15Cl2NO. The number of benzene rings is 2. The van der Waals surface area contributed by atoms with Crippen molar-refractivity contribution in [1.82, 2.24) is 0 Å². The Morgan fingerprint density at radius 1 is 1.14 bits per heavy atom. The van der Waals surface area contributed by atoms with Crippen LogP contribution in [-0.2, 0) is 11.2 Å². The van der Waals surface area contributed by atoms with Gasteiger partial charge < -0.3 is 4.90 Å². The van der Waals surface area contributed by atoms with Crippen molar-refractivity contribution in [3.05, 3.63) is 69.7 Å². The summed E-state index contributed by atoms with van der Waals surface area (Å²) in [7, 11) is 0. The van der Waals surface area contributed by atoms with Crippen LogP contribution in [0, 0.1) is 0 Å². The normalized spacial score (nSPS) is 14.2. The van der Waals surface area contributed by atoms with Crippen molar-refractivity contribution in [2.24, 2.45) is 0 Å². The second-order valence-electron chi connectivity index (χ2n) is 5.22. The summed E-state index contributed by atoms with van der Waals surface area (Å²) in [4.78, 5) is 14.3. The first-order valence-corrected chi connectivity index (χ1v) is 7.93. The minimum absolute atomic E-state index is 0.0295. The molecule has 112 valence electrons. The van der Waals surface area contributed by atoms with E-state index in [0.717, 1.165) is 30.6 Å². The van der Waals surface area contributed by atoms with E-state index in [9.17, 15) is 4.79 Å². The zero-order valence-electron chi connectivity index (χ0n) is 11.9. The highest BCUT2D eigenvalue weighted by atomic mass is 35.5. The average molecular weight is 332 g/mol. The fourth-order valence-electron chi connectivity index (χ4n) is 2.65. The third kappa shape index (κ3) is 3.18. The number of hydrogen-bond donors (Lipinski definition) is 0. The number of halogens is 2. The van der Waals surface area contributed by atoms with Gasteiger partial charge in [-0.15, -0.1) is 0 Å². The standard InChI is InChI=1S/C18H15Cl2NO/c19-15-9-7-13(16(20)12-15)8-10-18(22)21-11-3-5-14-4-1-2-6-17(14)21/h1-2,4,6-10,12H,3,5,11H2/b10-8-. The summed E-state index contributed by atoms with van der Waals surface area (Å²) >= 11 is 12.0. The Hall–Kier alpha value is -1.77. The molecule has 0 radical (unpaired) electrons. The second-order valence-corrected chi connectivity index (χ2v) is 6.06. The van der Waals surface area contributed by atoms with E-state index < -0.39 is 0 Å². The van der Waals surface area contributed by atoms with Crippen molar-refractivity contribution in [3.8, 4) is 0 Å². The van der Waals surface area contributed by atoms with Crippen molar-refractivity contribution in [3.63, 3.8) is 0 Å². The van der Waals surface area contributed by atoms with Gasteiger partial charge in [-0.05, 0) is 48.2 Å². The van der Waals surface area contributed by atoms with Crippen LogP contribution in [0.25, 0.3) is 6.08 Å². The Kier molecular flexibility index (Phi) is 4.51. The predicted molar refractivity (Wildman–Crippen MR) is 92.6 cm³/mol. The molecule has 1 aliphatic rings. The first-order chi connectivity index (χ1) is 10.6. The topological polar surface area (TPSA) is 20.3 Å². The van der Waals surface area contributed by atoms with Crippen LogP contribution < -0.4 is 4.90 Å². The number of amides is 1. The summed E-state index contributed by atoms with van der Waals surface area (Å²) in [5, 5.41) is 1.12. The minimum Gasteiger partial charge on any atom is -0.309 e. The lowest BCUT2D eigenvalue weighted by Crippen LogP contribution is -2.34. The van der Waals surface area contributed by atoms with Crippen molar-refractivity contribution < 1.29 is 4.79 Å². The first kappa shape index (κ1) is 15.1. The molecule has 1 heterocycles. The molecule has 2 aromatic carbocycles. The molecule has 0 atom stereocenters. The van der Waals surface area contributed by atoms with Gasteiger partial charge in [-0.25, -0.2) is 0 Å². The number of carbonyl (C=O) groups is 1. The van der Waals surface area contributed by atoms with E-state index in [1.54, 1.807) is 30.4 Å². The van der Waals surface area contributed by atoms with Gasteiger partial charge in [-0.1, -0.05) is 47.5 Å². The van der Waals surface area contributed by atoms with Crippen LogP contribution in [0.15, 0.2) is 48.5 Å². The molecule has 0 bridgehead atoms. The molecule has 0 fully saturated rings.